The zero-order chi connectivity index (χ0) is 9.42. The molecule has 0 unspecified atom stereocenters. The van der Waals surface area contributed by atoms with Crippen LogP contribution in [0.5, 0.6) is 0 Å². The van der Waals surface area contributed by atoms with Crippen LogP contribution < -0.4 is 5.56 Å². The van der Waals surface area contributed by atoms with Crippen molar-refractivity contribution in [2.45, 2.75) is 0 Å². The molecule has 2 aromatic rings. The molecule has 0 aliphatic carbocycles. The van der Waals surface area contributed by atoms with Gasteiger partial charge in [0.05, 0.1) is 4.47 Å². The molecule has 0 N–H and O–H groups in total. The predicted octanol–water partition coefficient (Wildman–Crippen LogP) is 1.60. The number of rotatable bonds is 0. The summed E-state index contributed by atoms with van der Waals surface area (Å²) in [5, 5.41) is 0. The van der Waals surface area contributed by atoms with E-state index in [-0.39, 0.29) is 10.0 Å². The summed E-state index contributed by atoms with van der Waals surface area (Å²) in [7, 11) is 0. The van der Waals surface area contributed by atoms with Crippen molar-refractivity contribution in [3.05, 3.63) is 45.2 Å². The van der Waals surface area contributed by atoms with E-state index in [0.717, 1.165) is 0 Å². The van der Waals surface area contributed by atoms with Crippen LogP contribution in [-0.2, 0) is 0 Å². The molecule has 0 aliphatic rings. The molecular weight excluding hydrogens is 239 g/mol. The first-order valence-electron chi connectivity index (χ1n) is 3.51. The van der Waals surface area contributed by atoms with Gasteiger partial charge in [-0.1, -0.05) is 0 Å². The second-order valence-electron chi connectivity index (χ2n) is 2.48. The second kappa shape index (κ2) is 2.92. The highest BCUT2D eigenvalue weighted by molar-refractivity contribution is 9.10. The molecule has 0 aromatic carbocycles. The van der Waals surface area contributed by atoms with Crippen LogP contribution in [0.2, 0.25) is 0 Å². The Morgan fingerprint density at radius 1 is 1.54 bits per heavy atom. The third-order valence-electron chi connectivity index (χ3n) is 1.63. The van der Waals surface area contributed by atoms with Gasteiger partial charge in [0, 0.05) is 24.5 Å². The van der Waals surface area contributed by atoms with E-state index in [1.807, 2.05) is 0 Å². The van der Waals surface area contributed by atoms with Gasteiger partial charge in [0.25, 0.3) is 5.56 Å². The molecule has 66 valence electrons. The van der Waals surface area contributed by atoms with E-state index in [0.29, 0.717) is 5.65 Å². The number of halogens is 2. The van der Waals surface area contributed by atoms with E-state index in [1.165, 1.54) is 28.9 Å². The minimum absolute atomic E-state index is 0.231. The van der Waals surface area contributed by atoms with Gasteiger partial charge in [0.2, 0.25) is 0 Å². The van der Waals surface area contributed by atoms with Crippen LogP contribution in [0, 0.1) is 5.82 Å². The summed E-state index contributed by atoms with van der Waals surface area (Å²) in [6.45, 7) is 0. The van der Waals surface area contributed by atoms with E-state index < -0.39 is 5.82 Å². The maximum Gasteiger partial charge on any atom is 0.257 e. The van der Waals surface area contributed by atoms with Gasteiger partial charge in [-0.2, -0.15) is 0 Å². The van der Waals surface area contributed by atoms with Gasteiger partial charge in [-0.05, 0) is 15.9 Å². The van der Waals surface area contributed by atoms with Crippen LogP contribution in [0.15, 0.2) is 33.8 Å². The molecule has 0 saturated heterocycles. The van der Waals surface area contributed by atoms with Crippen LogP contribution in [0.3, 0.4) is 0 Å². The number of pyridine rings is 1. The molecule has 0 atom stereocenters. The maximum atomic E-state index is 13.0. The maximum absolute atomic E-state index is 13.0. The highest BCUT2D eigenvalue weighted by atomic mass is 79.9. The Morgan fingerprint density at radius 2 is 2.31 bits per heavy atom. The minimum atomic E-state index is -0.432. The van der Waals surface area contributed by atoms with E-state index in [9.17, 15) is 9.18 Å². The SMILES string of the molecule is O=c1ccnc2cc(F)c(Br)cn12. The zero-order valence-corrected chi connectivity index (χ0v) is 7.95. The molecule has 0 fully saturated rings. The van der Waals surface area contributed by atoms with Crippen molar-refractivity contribution >= 4 is 21.6 Å². The Hall–Kier alpha value is -1.23. The fourth-order valence-electron chi connectivity index (χ4n) is 1.03. The van der Waals surface area contributed by atoms with Crippen LogP contribution in [-0.4, -0.2) is 9.38 Å². The summed E-state index contributed by atoms with van der Waals surface area (Å²) in [5.41, 5.74) is 0.0684. The van der Waals surface area contributed by atoms with E-state index >= 15 is 0 Å². The number of hydrogen-bond donors (Lipinski definition) is 0. The fraction of sp³-hybridized carbons (Fsp3) is 0. The first kappa shape index (κ1) is 8.37. The van der Waals surface area contributed by atoms with E-state index in [4.69, 9.17) is 0 Å². The molecule has 2 rings (SSSR count). The first-order valence-corrected chi connectivity index (χ1v) is 4.30. The molecule has 0 saturated carbocycles. The average molecular weight is 243 g/mol. The van der Waals surface area contributed by atoms with E-state index in [2.05, 4.69) is 20.9 Å². The van der Waals surface area contributed by atoms with Gasteiger partial charge in [0.15, 0.2) is 0 Å². The molecule has 3 nitrogen and oxygen atoms in total. The van der Waals surface area contributed by atoms with Crippen LogP contribution in [0.1, 0.15) is 0 Å². The van der Waals surface area contributed by atoms with Crippen LogP contribution in [0.25, 0.3) is 5.65 Å². The summed E-state index contributed by atoms with van der Waals surface area (Å²) in [6, 6.07) is 2.52. The van der Waals surface area contributed by atoms with Gasteiger partial charge >= 0.3 is 0 Å². The van der Waals surface area contributed by atoms with E-state index in [1.54, 1.807) is 0 Å². The number of aromatic nitrogens is 2. The van der Waals surface area contributed by atoms with Crippen molar-refractivity contribution in [3.8, 4) is 0 Å². The van der Waals surface area contributed by atoms with Crippen molar-refractivity contribution < 1.29 is 4.39 Å². The molecule has 2 heterocycles. The third kappa shape index (κ3) is 1.35. The molecule has 2 aromatic heterocycles. The molecular formula is C8H4BrFN2O. The summed E-state index contributed by atoms with van der Waals surface area (Å²) in [4.78, 5) is 15.1. The molecule has 13 heavy (non-hydrogen) atoms. The van der Waals surface area contributed by atoms with Gasteiger partial charge in [-0.3, -0.25) is 9.20 Å². The highest BCUT2D eigenvalue weighted by Crippen LogP contribution is 2.14. The lowest BCUT2D eigenvalue weighted by Gasteiger charge is -1.99. The van der Waals surface area contributed by atoms with Crippen LogP contribution in [0.4, 0.5) is 4.39 Å². The molecule has 5 heteroatoms. The lowest BCUT2D eigenvalue weighted by molar-refractivity contribution is 0.618. The topological polar surface area (TPSA) is 34.4 Å². The Kier molecular flexibility index (Phi) is 1.88. The quantitative estimate of drug-likeness (QED) is 0.704. The Bertz CT molecular complexity index is 523. The van der Waals surface area contributed by atoms with Crippen LogP contribution >= 0.6 is 15.9 Å². The normalized spacial score (nSPS) is 10.6. The molecule has 0 bridgehead atoms. The van der Waals surface area contributed by atoms with Crippen molar-refractivity contribution in [1.29, 1.82) is 0 Å². The number of hydrogen-bond acceptors (Lipinski definition) is 2. The monoisotopic (exact) mass is 242 g/mol. The zero-order valence-electron chi connectivity index (χ0n) is 6.37. The average Bonchev–Trinajstić information content (AvgIpc) is 2.09. The van der Waals surface area contributed by atoms with Crippen molar-refractivity contribution in [2.24, 2.45) is 0 Å². The Labute approximate surface area is 81.0 Å². The second-order valence-corrected chi connectivity index (χ2v) is 3.33. The summed E-state index contributed by atoms with van der Waals surface area (Å²) >= 11 is 2.99. The predicted molar refractivity (Wildman–Crippen MR) is 49.1 cm³/mol. The van der Waals surface area contributed by atoms with Gasteiger partial charge in [-0.15, -0.1) is 0 Å². The number of nitrogens with zero attached hydrogens (tertiary/aromatic N) is 2. The third-order valence-corrected chi connectivity index (χ3v) is 2.22. The smallest absolute Gasteiger partial charge is 0.257 e. The van der Waals surface area contributed by atoms with Gasteiger partial charge < -0.3 is 0 Å². The molecule has 0 radical (unpaired) electrons. The van der Waals surface area contributed by atoms with Crippen molar-refractivity contribution in [1.82, 2.24) is 9.38 Å². The minimum Gasteiger partial charge on any atom is -0.269 e. The molecule has 0 spiro atoms. The first-order chi connectivity index (χ1) is 6.18. The Morgan fingerprint density at radius 3 is 3.08 bits per heavy atom. The lowest BCUT2D eigenvalue weighted by atomic mass is 10.4. The van der Waals surface area contributed by atoms with Gasteiger partial charge in [-0.25, -0.2) is 9.37 Å². The number of fused-ring (bicyclic) bond motifs is 1. The Balaban J connectivity index is 2.97. The highest BCUT2D eigenvalue weighted by Gasteiger charge is 2.02. The van der Waals surface area contributed by atoms with Crippen molar-refractivity contribution in [2.75, 3.05) is 0 Å². The fourth-order valence-corrected chi connectivity index (χ4v) is 1.35. The summed E-state index contributed by atoms with van der Waals surface area (Å²) in [6.07, 6.45) is 2.71. The van der Waals surface area contributed by atoms with Crippen molar-refractivity contribution in [3.63, 3.8) is 0 Å². The largest absolute Gasteiger partial charge is 0.269 e. The standard InChI is InChI=1S/C8H4BrFN2O/c9-5-4-12-7(3-6(5)10)11-2-1-8(12)13/h1-4H. The summed E-state index contributed by atoms with van der Waals surface area (Å²) in [5.74, 6) is -0.432. The molecule has 0 amide bonds. The van der Waals surface area contributed by atoms with Gasteiger partial charge in [0.1, 0.15) is 11.5 Å². The molecule has 0 aliphatic heterocycles. The summed E-state index contributed by atoms with van der Waals surface area (Å²) < 4.78 is 14.5. The lowest BCUT2D eigenvalue weighted by Crippen LogP contribution is -2.12.